The van der Waals surface area contributed by atoms with Crippen molar-refractivity contribution in [3.05, 3.63) is 70.8 Å². The monoisotopic (exact) mass is 456 g/mol. The molecule has 0 aliphatic carbocycles. The Labute approximate surface area is 194 Å². The topological polar surface area (TPSA) is 41.1 Å². The van der Waals surface area contributed by atoms with Gasteiger partial charge in [-0.05, 0) is 71.7 Å². The molecule has 0 unspecified atom stereocenters. The number of allylic oxidation sites excluding steroid dienone is 1. The second-order valence-electron chi connectivity index (χ2n) is 8.26. The summed E-state index contributed by atoms with van der Waals surface area (Å²) in [6.45, 7) is 8.99. The van der Waals surface area contributed by atoms with Crippen LogP contribution in [-0.2, 0) is 17.5 Å². The van der Waals surface area contributed by atoms with Crippen molar-refractivity contribution in [2.45, 2.75) is 53.3 Å². The van der Waals surface area contributed by atoms with Crippen molar-refractivity contribution in [3.63, 3.8) is 0 Å². The van der Waals surface area contributed by atoms with E-state index in [0.717, 1.165) is 46.5 Å². The van der Waals surface area contributed by atoms with E-state index in [9.17, 15) is 18.0 Å². The Kier molecular flexibility index (Phi) is 9.59. The van der Waals surface area contributed by atoms with E-state index in [-0.39, 0.29) is 5.91 Å². The Hall–Kier alpha value is -3.20. The molecule has 6 heteroatoms. The van der Waals surface area contributed by atoms with Crippen LogP contribution in [0.4, 0.5) is 18.9 Å². The maximum absolute atomic E-state index is 12.9. The first-order chi connectivity index (χ1) is 15.6. The number of carbonyl (C=O) groups excluding carboxylic acids is 1. The molecule has 0 bridgehead atoms. The van der Waals surface area contributed by atoms with Crippen LogP contribution in [0.25, 0.3) is 5.57 Å². The van der Waals surface area contributed by atoms with Crippen molar-refractivity contribution in [1.29, 1.82) is 0 Å². The second-order valence-corrected chi connectivity index (χ2v) is 8.26. The lowest BCUT2D eigenvalue weighted by Crippen LogP contribution is -2.21. The zero-order valence-corrected chi connectivity index (χ0v) is 19.6. The van der Waals surface area contributed by atoms with Crippen LogP contribution in [0.3, 0.4) is 0 Å². The molecule has 0 aromatic heterocycles. The van der Waals surface area contributed by atoms with Gasteiger partial charge in [-0.3, -0.25) is 4.79 Å². The summed E-state index contributed by atoms with van der Waals surface area (Å²) >= 11 is 0. The SMILES string of the molecule is CCC#CC(=O)NCc1ccc(NC/C=C(\CC(C)C)c2ccc(C(F)(F)F)cc2)cc1C. The van der Waals surface area contributed by atoms with E-state index in [2.05, 4.69) is 36.3 Å². The lowest BCUT2D eigenvalue weighted by atomic mass is 9.95. The number of hydrogen-bond donors (Lipinski definition) is 2. The first kappa shape index (κ1) is 26.1. The van der Waals surface area contributed by atoms with Gasteiger partial charge in [-0.1, -0.05) is 51.0 Å². The number of anilines is 1. The zero-order chi connectivity index (χ0) is 24.4. The number of alkyl halides is 3. The third kappa shape index (κ3) is 8.69. The van der Waals surface area contributed by atoms with Gasteiger partial charge in [-0.25, -0.2) is 0 Å². The molecule has 3 nitrogen and oxygen atoms in total. The highest BCUT2D eigenvalue weighted by molar-refractivity contribution is 5.93. The lowest BCUT2D eigenvalue weighted by molar-refractivity contribution is -0.137. The molecule has 0 aliphatic rings. The van der Waals surface area contributed by atoms with Crippen LogP contribution in [0.5, 0.6) is 0 Å². The Morgan fingerprint density at radius 3 is 2.39 bits per heavy atom. The molecule has 0 fully saturated rings. The lowest BCUT2D eigenvalue weighted by Gasteiger charge is -2.14. The van der Waals surface area contributed by atoms with Gasteiger partial charge < -0.3 is 10.6 Å². The van der Waals surface area contributed by atoms with Crippen molar-refractivity contribution in [1.82, 2.24) is 5.32 Å². The van der Waals surface area contributed by atoms with E-state index < -0.39 is 11.7 Å². The first-order valence-electron chi connectivity index (χ1n) is 11.1. The molecule has 0 saturated carbocycles. The van der Waals surface area contributed by atoms with Gasteiger partial charge in [0.05, 0.1) is 5.56 Å². The maximum Gasteiger partial charge on any atom is 0.416 e. The van der Waals surface area contributed by atoms with Gasteiger partial charge >= 0.3 is 6.18 Å². The van der Waals surface area contributed by atoms with Crippen LogP contribution in [0.15, 0.2) is 48.5 Å². The summed E-state index contributed by atoms with van der Waals surface area (Å²) in [7, 11) is 0. The Balaban J connectivity index is 2.05. The van der Waals surface area contributed by atoms with Gasteiger partial charge in [-0.15, -0.1) is 0 Å². The Morgan fingerprint density at radius 2 is 1.82 bits per heavy atom. The van der Waals surface area contributed by atoms with E-state index in [0.29, 0.717) is 25.4 Å². The summed E-state index contributed by atoms with van der Waals surface area (Å²) in [5.41, 5.74) is 4.15. The molecule has 0 aliphatic heterocycles. The van der Waals surface area contributed by atoms with Crippen molar-refractivity contribution in [2.24, 2.45) is 5.92 Å². The number of amides is 1. The maximum atomic E-state index is 12.9. The summed E-state index contributed by atoms with van der Waals surface area (Å²) in [6, 6.07) is 11.2. The molecule has 0 radical (unpaired) electrons. The fourth-order valence-corrected chi connectivity index (χ4v) is 3.32. The average molecular weight is 457 g/mol. The van der Waals surface area contributed by atoms with Crippen molar-refractivity contribution in [2.75, 3.05) is 11.9 Å². The number of aryl methyl sites for hydroxylation is 1. The number of hydrogen-bond acceptors (Lipinski definition) is 2. The van der Waals surface area contributed by atoms with E-state index in [1.54, 1.807) is 0 Å². The third-order valence-electron chi connectivity index (χ3n) is 5.03. The minimum absolute atomic E-state index is 0.287. The fourth-order valence-electron chi connectivity index (χ4n) is 3.32. The van der Waals surface area contributed by atoms with Gasteiger partial charge in [0, 0.05) is 25.2 Å². The number of nitrogens with one attached hydrogen (secondary N) is 2. The summed E-state index contributed by atoms with van der Waals surface area (Å²) in [6.07, 6.45) is -0.902. The highest BCUT2D eigenvalue weighted by Crippen LogP contribution is 2.31. The predicted molar refractivity (Wildman–Crippen MR) is 128 cm³/mol. The molecule has 0 heterocycles. The molecular formula is C27H31F3N2O. The smallest absolute Gasteiger partial charge is 0.382 e. The normalized spacial score (nSPS) is 11.7. The standard InChI is InChI=1S/C27H31F3N2O/c1-5-6-7-26(33)32-18-23-10-13-25(17-20(23)4)31-15-14-22(16-19(2)3)21-8-11-24(12-9-21)27(28,29)30/h8-14,17,19,31H,5,15-16,18H2,1-4H3,(H,32,33)/b22-14+. The Morgan fingerprint density at radius 1 is 1.12 bits per heavy atom. The van der Waals surface area contributed by atoms with E-state index >= 15 is 0 Å². The van der Waals surface area contributed by atoms with Gasteiger partial charge in [0.15, 0.2) is 0 Å². The van der Waals surface area contributed by atoms with Crippen molar-refractivity contribution < 1.29 is 18.0 Å². The molecule has 2 aromatic rings. The Bertz CT molecular complexity index is 1030. The molecule has 33 heavy (non-hydrogen) atoms. The first-order valence-corrected chi connectivity index (χ1v) is 11.1. The second kappa shape index (κ2) is 12.2. The minimum atomic E-state index is -4.34. The summed E-state index contributed by atoms with van der Waals surface area (Å²) < 4.78 is 38.6. The van der Waals surface area contributed by atoms with Crippen LogP contribution < -0.4 is 10.6 Å². The van der Waals surface area contributed by atoms with E-state index in [1.165, 1.54) is 12.1 Å². The van der Waals surface area contributed by atoms with Gasteiger partial charge in [0.2, 0.25) is 0 Å². The van der Waals surface area contributed by atoms with Crippen LogP contribution in [0.1, 0.15) is 55.9 Å². The zero-order valence-electron chi connectivity index (χ0n) is 19.6. The molecule has 176 valence electrons. The number of carbonyl (C=O) groups is 1. The minimum Gasteiger partial charge on any atom is -0.382 e. The quantitative estimate of drug-likeness (QED) is 0.440. The van der Waals surface area contributed by atoms with E-state index in [4.69, 9.17) is 0 Å². The molecule has 0 atom stereocenters. The molecule has 2 aromatic carbocycles. The van der Waals surface area contributed by atoms with Crippen LogP contribution in [0.2, 0.25) is 0 Å². The van der Waals surface area contributed by atoms with Crippen LogP contribution >= 0.6 is 0 Å². The summed E-state index contributed by atoms with van der Waals surface area (Å²) in [5.74, 6) is 5.37. The number of rotatable bonds is 8. The molecule has 1 amide bonds. The van der Waals surface area contributed by atoms with Gasteiger partial charge in [0.1, 0.15) is 0 Å². The largest absolute Gasteiger partial charge is 0.416 e. The highest BCUT2D eigenvalue weighted by atomic mass is 19.4. The molecule has 2 N–H and O–H groups in total. The highest BCUT2D eigenvalue weighted by Gasteiger charge is 2.30. The molecule has 2 rings (SSSR count). The number of benzene rings is 2. The summed E-state index contributed by atoms with van der Waals surface area (Å²) in [5, 5.41) is 6.14. The average Bonchev–Trinajstić information content (AvgIpc) is 2.75. The molecule has 0 saturated heterocycles. The van der Waals surface area contributed by atoms with Gasteiger partial charge in [0.25, 0.3) is 5.91 Å². The third-order valence-corrected chi connectivity index (χ3v) is 5.03. The van der Waals surface area contributed by atoms with Gasteiger partial charge in [-0.2, -0.15) is 13.2 Å². The summed E-state index contributed by atoms with van der Waals surface area (Å²) in [4.78, 5) is 11.7. The van der Waals surface area contributed by atoms with Crippen molar-refractivity contribution >= 4 is 17.2 Å². The molecular weight excluding hydrogens is 425 g/mol. The number of halogens is 3. The predicted octanol–water partition coefficient (Wildman–Crippen LogP) is 6.59. The van der Waals surface area contributed by atoms with E-state index in [1.807, 2.05) is 38.1 Å². The fraction of sp³-hybridized carbons (Fsp3) is 0.370. The van der Waals surface area contributed by atoms with Crippen LogP contribution in [0, 0.1) is 24.7 Å². The molecule has 0 spiro atoms. The van der Waals surface area contributed by atoms with Crippen LogP contribution in [-0.4, -0.2) is 12.5 Å². The van der Waals surface area contributed by atoms with Crippen molar-refractivity contribution in [3.8, 4) is 11.8 Å².